The molecule has 0 radical (unpaired) electrons. The summed E-state index contributed by atoms with van der Waals surface area (Å²) in [7, 11) is 0. The van der Waals surface area contributed by atoms with E-state index < -0.39 is 12.0 Å². The lowest BCUT2D eigenvalue weighted by atomic mass is 10.1. The van der Waals surface area contributed by atoms with Crippen molar-refractivity contribution in [3.8, 4) is 11.5 Å². The van der Waals surface area contributed by atoms with Crippen LogP contribution < -0.4 is 9.47 Å². The van der Waals surface area contributed by atoms with Crippen LogP contribution in [-0.4, -0.2) is 40.9 Å². The summed E-state index contributed by atoms with van der Waals surface area (Å²) in [6, 6.07) is 13.7. The SMILES string of the molecule is CCCCCOc1ccc(/C=C2\SC(=S)N(C(C(=O)OCC)c3ccccc3)C2=O)cc1OCC. The average molecular weight is 514 g/mol. The van der Waals surface area contributed by atoms with E-state index in [2.05, 4.69) is 6.92 Å². The highest BCUT2D eigenvalue weighted by Crippen LogP contribution is 2.39. The van der Waals surface area contributed by atoms with E-state index in [0.717, 1.165) is 24.8 Å². The molecule has 3 rings (SSSR count). The van der Waals surface area contributed by atoms with Gasteiger partial charge in [0.05, 0.1) is 24.7 Å². The Bertz CT molecular complexity index is 1070. The number of thiocarbonyl (C=S) groups is 1. The maximum Gasteiger partial charge on any atom is 0.333 e. The van der Waals surface area contributed by atoms with Crippen molar-refractivity contribution in [1.82, 2.24) is 4.90 Å². The highest BCUT2D eigenvalue weighted by Gasteiger charge is 2.42. The zero-order valence-electron chi connectivity index (χ0n) is 20.3. The number of hydrogen-bond acceptors (Lipinski definition) is 7. The Labute approximate surface area is 216 Å². The summed E-state index contributed by atoms with van der Waals surface area (Å²) in [5, 5.41) is 0. The van der Waals surface area contributed by atoms with Gasteiger partial charge >= 0.3 is 5.97 Å². The van der Waals surface area contributed by atoms with Gasteiger partial charge in [0, 0.05) is 0 Å². The van der Waals surface area contributed by atoms with Gasteiger partial charge in [0.25, 0.3) is 5.91 Å². The predicted octanol–water partition coefficient (Wildman–Crippen LogP) is 6.16. The van der Waals surface area contributed by atoms with Crippen LogP contribution in [0.3, 0.4) is 0 Å². The van der Waals surface area contributed by atoms with E-state index in [0.29, 0.717) is 39.5 Å². The standard InChI is InChI=1S/C27H31NO5S2/c1-4-7-11-16-33-21-15-14-19(17-22(21)31-5-2)18-23-25(29)28(27(34)35-23)24(26(30)32-6-3)20-12-9-8-10-13-20/h8-10,12-15,17-18,24H,4-7,11,16H2,1-3H3/b23-18-. The molecule has 0 spiro atoms. The van der Waals surface area contributed by atoms with Crippen molar-refractivity contribution >= 4 is 46.3 Å². The van der Waals surface area contributed by atoms with Crippen molar-refractivity contribution in [2.45, 2.75) is 46.1 Å². The monoisotopic (exact) mass is 513 g/mol. The average Bonchev–Trinajstić information content (AvgIpc) is 3.12. The lowest BCUT2D eigenvalue weighted by Crippen LogP contribution is -2.38. The number of unbranched alkanes of at least 4 members (excludes halogenated alkanes) is 2. The topological polar surface area (TPSA) is 65.1 Å². The second kappa shape index (κ2) is 13.3. The van der Waals surface area contributed by atoms with E-state index >= 15 is 0 Å². The molecule has 0 saturated carbocycles. The maximum absolute atomic E-state index is 13.4. The lowest BCUT2D eigenvalue weighted by Gasteiger charge is -2.25. The minimum atomic E-state index is -0.938. The van der Waals surface area contributed by atoms with Crippen LogP contribution in [0, 0.1) is 0 Å². The van der Waals surface area contributed by atoms with Crippen molar-refractivity contribution in [3.05, 3.63) is 64.6 Å². The van der Waals surface area contributed by atoms with E-state index in [9.17, 15) is 9.59 Å². The molecule has 1 amide bonds. The fourth-order valence-corrected chi connectivity index (χ4v) is 4.95. The van der Waals surface area contributed by atoms with E-state index in [1.807, 2.05) is 43.3 Å². The molecule has 1 saturated heterocycles. The Kier molecular flexibility index (Phi) is 10.2. The zero-order valence-corrected chi connectivity index (χ0v) is 22.0. The summed E-state index contributed by atoms with van der Waals surface area (Å²) < 4.78 is 17.3. The number of rotatable bonds is 12. The van der Waals surface area contributed by atoms with Crippen LogP contribution in [0.5, 0.6) is 11.5 Å². The highest BCUT2D eigenvalue weighted by atomic mass is 32.2. The third-order valence-corrected chi connectivity index (χ3v) is 6.61. The number of nitrogens with zero attached hydrogens (tertiary/aromatic N) is 1. The number of ether oxygens (including phenoxy) is 3. The molecule has 1 atom stereocenters. The normalized spacial score (nSPS) is 15.4. The van der Waals surface area contributed by atoms with Gasteiger partial charge in [0.2, 0.25) is 0 Å². The summed E-state index contributed by atoms with van der Waals surface area (Å²) in [6.07, 6.45) is 4.98. The molecule has 1 aliphatic heterocycles. The van der Waals surface area contributed by atoms with Crippen molar-refractivity contribution in [2.24, 2.45) is 0 Å². The highest BCUT2D eigenvalue weighted by molar-refractivity contribution is 8.26. The van der Waals surface area contributed by atoms with Gasteiger partial charge in [-0.25, -0.2) is 4.79 Å². The van der Waals surface area contributed by atoms with E-state index in [1.165, 1.54) is 16.7 Å². The Balaban J connectivity index is 1.87. The Morgan fingerprint density at radius 1 is 1.03 bits per heavy atom. The Hall–Kier alpha value is -2.84. The van der Waals surface area contributed by atoms with Crippen molar-refractivity contribution in [2.75, 3.05) is 19.8 Å². The van der Waals surface area contributed by atoms with Crippen LogP contribution in [0.2, 0.25) is 0 Å². The van der Waals surface area contributed by atoms with Gasteiger partial charge in [-0.05, 0) is 49.6 Å². The minimum absolute atomic E-state index is 0.208. The smallest absolute Gasteiger partial charge is 0.333 e. The summed E-state index contributed by atoms with van der Waals surface area (Å²) in [4.78, 5) is 28.0. The first-order chi connectivity index (χ1) is 17.0. The number of hydrogen-bond donors (Lipinski definition) is 0. The molecular formula is C27H31NO5S2. The van der Waals surface area contributed by atoms with Crippen molar-refractivity contribution < 1.29 is 23.8 Å². The molecular weight excluding hydrogens is 482 g/mol. The van der Waals surface area contributed by atoms with Gasteiger partial charge < -0.3 is 14.2 Å². The zero-order chi connectivity index (χ0) is 25.2. The van der Waals surface area contributed by atoms with E-state index in [4.69, 9.17) is 26.4 Å². The van der Waals surface area contributed by atoms with Gasteiger partial charge in [0.1, 0.15) is 4.32 Å². The first-order valence-corrected chi connectivity index (χ1v) is 13.1. The molecule has 1 unspecified atom stereocenters. The number of esters is 1. The summed E-state index contributed by atoms with van der Waals surface area (Å²) in [5.41, 5.74) is 1.42. The molecule has 2 aromatic rings. The third kappa shape index (κ3) is 6.86. The first kappa shape index (κ1) is 26.8. The molecule has 186 valence electrons. The number of carbonyl (C=O) groups excluding carboxylic acids is 2. The summed E-state index contributed by atoms with van der Waals surface area (Å²) in [5.74, 6) is 0.459. The number of thioether (sulfide) groups is 1. The number of amides is 1. The Morgan fingerprint density at radius 2 is 1.80 bits per heavy atom. The van der Waals surface area contributed by atoms with Crippen LogP contribution >= 0.6 is 24.0 Å². The number of benzene rings is 2. The second-order valence-corrected chi connectivity index (χ2v) is 9.49. The Morgan fingerprint density at radius 3 is 2.49 bits per heavy atom. The summed E-state index contributed by atoms with van der Waals surface area (Å²) >= 11 is 6.69. The van der Waals surface area contributed by atoms with Gasteiger partial charge in [-0.2, -0.15) is 0 Å². The fourth-order valence-electron chi connectivity index (χ4n) is 3.64. The second-order valence-electron chi connectivity index (χ2n) is 7.81. The molecule has 0 bridgehead atoms. The van der Waals surface area contributed by atoms with Gasteiger partial charge in [-0.3, -0.25) is 9.69 Å². The van der Waals surface area contributed by atoms with Crippen LogP contribution in [0.4, 0.5) is 0 Å². The fraction of sp³-hybridized carbons (Fsp3) is 0.370. The quantitative estimate of drug-likeness (QED) is 0.146. The molecule has 8 heteroatoms. The largest absolute Gasteiger partial charge is 0.490 e. The lowest BCUT2D eigenvalue weighted by molar-refractivity contribution is -0.151. The molecule has 1 fully saturated rings. The van der Waals surface area contributed by atoms with Crippen molar-refractivity contribution in [1.29, 1.82) is 0 Å². The molecule has 6 nitrogen and oxygen atoms in total. The molecule has 1 aliphatic rings. The van der Waals surface area contributed by atoms with Crippen LogP contribution in [0.25, 0.3) is 6.08 Å². The molecule has 2 aromatic carbocycles. The van der Waals surface area contributed by atoms with E-state index in [1.54, 1.807) is 25.1 Å². The predicted molar refractivity (Wildman–Crippen MR) is 143 cm³/mol. The number of carbonyl (C=O) groups is 2. The van der Waals surface area contributed by atoms with Crippen molar-refractivity contribution in [3.63, 3.8) is 0 Å². The van der Waals surface area contributed by atoms with E-state index in [-0.39, 0.29) is 12.5 Å². The molecule has 0 aromatic heterocycles. The minimum Gasteiger partial charge on any atom is -0.490 e. The first-order valence-electron chi connectivity index (χ1n) is 11.9. The van der Waals surface area contributed by atoms with Crippen LogP contribution in [0.1, 0.15) is 57.2 Å². The maximum atomic E-state index is 13.4. The molecule has 1 heterocycles. The molecule has 0 aliphatic carbocycles. The third-order valence-electron chi connectivity index (χ3n) is 5.28. The van der Waals surface area contributed by atoms with Crippen LogP contribution in [-0.2, 0) is 14.3 Å². The van der Waals surface area contributed by atoms with Crippen LogP contribution in [0.15, 0.2) is 53.4 Å². The van der Waals surface area contributed by atoms with Gasteiger partial charge in [-0.15, -0.1) is 0 Å². The van der Waals surface area contributed by atoms with Gasteiger partial charge in [0.15, 0.2) is 17.5 Å². The van der Waals surface area contributed by atoms with Gasteiger partial charge in [-0.1, -0.05) is 80.1 Å². The summed E-state index contributed by atoms with van der Waals surface area (Å²) in [6.45, 7) is 7.13. The molecule has 0 N–H and O–H groups in total. The molecule has 35 heavy (non-hydrogen) atoms.